The molecule has 0 bridgehead atoms. The molecule has 0 radical (unpaired) electrons. The second-order valence-corrected chi connectivity index (χ2v) is 3.47. The predicted molar refractivity (Wildman–Crippen MR) is 53.4 cm³/mol. The summed E-state index contributed by atoms with van der Waals surface area (Å²) in [5.41, 5.74) is -0.0184. The van der Waals surface area contributed by atoms with Crippen LogP contribution in [0.3, 0.4) is 0 Å². The second-order valence-electron chi connectivity index (χ2n) is 3.47. The van der Waals surface area contributed by atoms with E-state index in [9.17, 15) is 9.90 Å². The van der Waals surface area contributed by atoms with Crippen LogP contribution in [0, 0.1) is 6.92 Å². The largest absolute Gasteiger partial charge is 0.496 e. The number of rotatable bonds is 3. The van der Waals surface area contributed by atoms with Gasteiger partial charge in [-0.1, -0.05) is 11.6 Å². The van der Waals surface area contributed by atoms with Crippen molar-refractivity contribution >= 4 is 6.29 Å². The lowest BCUT2D eigenvalue weighted by Gasteiger charge is -2.19. The fourth-order valence-electron chi connectivity index (χ4n) is 1.28. The van der Waals surface area contributed by atoms with Crippen LogP contribution in [0.25, 0.3) is 0 Å². The zero-order chi connectivity index (χ0) is 10.8. The molecule has 1 unspecified atom stereocenters. The van der Waals surface area contributed by atoms with Crippen molar-refractivity contribution in [2.24, 2.45) is 0 Å². The number of carbonyl (C=O) groups excluding carboxylic acids is 1. The summed E-state index contributed by atoms with van der Waals surface area (Å²) in [6.07, 6.45) is 0.504. The molecule has 1 rings (SSSR count). The Labute approximate surface area is 83.3 Å². The van der Waals surface area contributed by atoms with Crippen molar-refractivity contribution in [2.45, 2.75) is 19.4 Å². The molecule has 0 saturated carbocycles. The number of hydrogen-bond acceptors (Lipinski definition) is 3. The maximum Gasteiger partial charge on any atom is 0.155 e. The van der Waals surface area contributed by atoms with E-state index in [0.29, 0.717) is 17.6 Å². The molecule has 3 heteroatoms. The fourth-order valence-corrected chi connectivity index (χ4v) is 1.28. The van der Waals surface area contributed by atoms with Crippen LogP contribution in [0.2, 0.25) is 0 Å². The van der Waals surface area contributed by atoms with Crippen LogP contribution in [0.15, 0.2) is 18.2 Å². The highest BCUT2D eigenvalue weighted by Gasteiger charge is 2.25. The van der Waals surface area contributed by atoms with Gasteiger partial charge in [0.05, 0.1) is 7.11 Å². The Kier molecular flexibility index (Phi) is 2.91. The second kappa shape index (κ2) is 3.80. The standard InChI is InChI=1S/C11H14O3/c1-8-4-5-10(14-3)9(6-8)11(2,13)7-12/h4-7,13H,1-3H3. The molecule has 0 heterocycles. The minimum absolute atomic E-state index is 0.495. The Balaban J connectivity index is 3.30. The molecule has 14 heavy (non-hydrogen) atoms. The van der Waals surface area contributed by atoms with Crippen molar-refractivity contribution in [3.8, 4) is 5.75 Å². The number of benzene rings is 1. The third kappa shape index (κ3) is 1.93. The molecule has 1 aromatic carbocycles. The lowest BCUT2D eigenvalue weighted by molar-refractivity contribution is -0.123. The minimum atomic E-state index is -1.49. The number of aldehydes is 1. The molecule has 0 aliphatic rings. The number of carbonyl (C=O) groups is 1. The van der Waals surface area contributed by atoms with E-state index < -0.39 is 5.60 Å². The fraction of sp³-hybridized carbons (Fsp3) is 0.364. The van der Waals surface area contributed by atoms with Crippen molar-refractivity contribution in [1.82, 2.24) is 0 Å². The molecular formula is C11H14O3. The zero-order valence-electron chi connectivity index (χ0n) is 8.57. The molecule has 0 saturated heterocycles. The van der Waals surface area contributed by atoms with Crippen LogP contribution in [0.4, 0.5) is 0 Å². The Hall–Kier alpha value is -1.35. The van der Waals surface area contributed by atoms with Gasteiger partial charge in [-0.3, -0.25) is 4.79 Å². The number of methoxy groups -OCH3 is 1. The van der Waals surface area contributed by atoms with Crippen LogP contribution in [0.1, 0.15) is 18.1 Å². The molecule has 0 spiro atoms. The Morgan fingerprint density at radius 1 is 1.50 bits per heavy atom. The van der Waals surface area contributed by atoms with Gasteiger partial charge in [0, 0.05) is 5.56 Å². The molecule has 1 N–H and O–H groups in total. The molecule has 0 amide bonds. The first-order chi connectivity index (χ1) is 6.51. The van der Waals surface area contributed by atoms with Gasteiger partial charge in [0.2, 0.25) is 0 Å². The molecule has 0 fully saturated rings. The molecule has 3 nitrogen and oxygen atoms in total. The van der Waals surface area contributed by atoms with Gasteiger partial charge in [-0.05, 0) is 26.0 Å². The summed E-state index contributed by atoms with van der Waals surface area (Å²) in [7, 11) is 1.51. The quantitative estimate of drug-likeness (QED) is 0.740. The molecule has 0 aromatic heterocycles. The van der Waals surface area contributed by atoms with E-state index in [0.717, 1.165) is 5.56 Å². The molecule has 76 valence electrons. The van der Waals surface area contributed by atoms with Crippen LogP contribution < -0.4 is 4.74 Å². The first kappa shape index (κ1) is 10.7. The summed E-state index contributed by atoms with van der Waals surface area (Å²) in [4.78, 5) is 10.7. The summed E-state index contributed by atoms with van der Waals surface area (Å²) in [6.45, 7) is 3.33. The van der Waals surface area contributed by atoms with Crippen LogP contribution >= 0.6 is 0 Å². The maximum atomic E-state index is 10.7. The number of aryl methyl sites for hydroxylation is 1. The molecule has 0 aliphatic heterocycles. The van der Waals surface area contributed by atoms with Gasteiger partial charge in [-0.2, -0.15) is 0 Å². The van der Waals surface area contributed by atoms with Crippen molar-refractivity contribution in [1.29, 1.82) is 0 Å². The van der Waals surface area contributed by atoms with E-state index in [-0.39, 0.29) is 0 Å². The number of hydrogen-bond donors (Lipinski definition) is 1. The van der Waals surface area contributed by atoms with Gasteiger partial charge < -0.3 is 9.84 Å². The van der Waals surface area contributed by atoms with Gasteiger partial charge in [0.1, 0.15) is 11.4 Å². The van der Waals surface area contributed by atoms with Crippen molar-refractivity contribution < 1.29 is 14.6 Å². The summed E-state index contributed by atoms with van der Waals surface area (Å²) in [5, 5.41) is 9.78. The predicted octanol–water partition coefficient (Wildman–Crippen LogP) is 1.41. The minimum Gasteiger partial charge on any atom is -0.496 e. The Morgan fingerprint density at radius 2 is 2.14 bits per heavy atom. The van der Waals surface area contributed by atoms with E-state index in [4.69, 9.17) is 4.74 Å². The highest BCUT2D eigenvalue weighted by Crippen LogP contribution is 2.29. The van der Waals surface area contributed by atoms with Crippen LogP contribution in [-0.2, 0) is 10.4 Å². The van der Waals surface area contributed by atoms with Crippen LogP contribution in [-0.4, -0.2) is 18.5 Å². The van der Waals surface area contributed by atoms with Crippen LogP contribution in [0.5, 0.6) is 5.75 Å². The maximum absolute atomic E-state index is 10.7. The van der Waals surface area contributed by atoms with E-state index >= 15 is 0 Å². The van der Waals surface area contributed by atoms with Gasteiger partial charge in [0.25, 0.3) is 0 Å². The normalized spacial score (nSPS) is 14.6. The first-order valence-electron chi connectivity index (χ1n) is 4.35. The third-order valence-corrected chi connectivity index (χ3v) is 2.13. The van der Waals surface area contributed by atoms with Gasteiger partial charge in [-0.25, -0.2) is 0 Å². The molecule has 0 aliphatic carbocycles. The Bertz CT molecular complexity index is 342. The molecule has 1 aromatic rings. The molecule has 1 atom stereocenters. The highest BCUT2D eigenvalue weighted by molar-refractivity contribution is 5.67. The van der Waals surface area contributed by atoms with Crippen molar-refractivity contribution in [3.05, 3.63) is 29.3 Å². The number of aliphatic hydroxyl groups is 1. The zero-order valence-corrected chi connectivity index (χ0v) is 8.57. The van der Waals surface area contributed by atoms with Gasteiger partial charge in [0.15, 0.2) is 6.29 Å². The topological polar surface area (TPSA) is 46.5 Å². The summed E-state index contributed by atoms with van der Waals surface area (Å²) in [5.74, 6) is 0.521. The molecular weight excluding hydrogens is 180 g/mol. The lowest BCUT2D eigenvalue weighted by Crippen LogP contribution is -2.23. The van der Waals surface area contributed by atoms with Crippen molar-refractivity contribution in [3.63, 3.8) is 0 Å². The average Bonchev–Trinajstić information content (AvgIpc) is 2.18. The number of ether oxygens (including phenoxy) is 1. The lowest BCUT2D eigenvalue weighted by atomic mass is 9.95. The monoisotopic (exact) mass is 194 g/mol. The SMILES string of the molecule is COc1ccc(C)cc1C(C)(O)C=O. The van der Waals surface area contributed by atoms with E-state index in [1.165, 1.54) is 14.0 Å². The highest BCUT2D eigenvalue weighted by atomic mass is 16.5. The van der Waals surface area contributed by atoms with E-state index in [1.54, 1.807) is 12.1 Å². The van der Waals surface area contributed by atoms with Gasteiger partial charge >= 0.3 is 0 Å². The average molecular weight is 194 g/mol. The summed E-state index contributed by atoms with van der Waals surface area (Å²) >= 11 is 0. The van der Waals surface area contributed by atoms with E-state index in [2.05, 4.69) is 0 Å². The summed E-state index contributed by atoms with van der Waals surface area (Å²) < 4.78 is 5.07. The summed E-state index contributed by atoms with van der Waals surface area (Å²) in [6, 6.07) is 5.35. The smallest absolute Gasteiger partial charge is 0.155 e. The Morgan fingerprint density at radius 3 is 2.64 bits per heavy atom. The van der Waals surface area contributed by atoms with Crippen molar-refractivity contribution in [2.75, 3.05) is 7.11 Å². The first-order valence-corrected chi connectivity index (χ1v) is 4.35. The third-order valence-electron chi connectivity index (χ3n) is 2.13. The van der Waals surface area contributed by atoms with E-state index in [1.807, 2.05) is 13.0 Å². The van der Waals surface area contributed by atoms with Gasteiger partial charge in [-0.15, -0.1) is 0 Å².